The van der Waals surface area contributed by atoms with E-state index in [1.54, 1.807) is 0 Å². The number of hydrogen-bond donors (Lipinski definition) is 3. The predicted molar refractivity (Wildman–Crippen MR) is 119 cm³/mol. The number of amides is 2. The van der Waals surface area contributed by atoms with Crippen LogP contribution in [0.1, 0.15) is 56.6 Å². The molecule has 0 spiro atoms. The van der Waals surface area contributed by atoms with Crippen molar-refractivity contribution >= 4 is 11.8 Å². The third kappa shape index (κ3) is 4.94. The molecule has 31 heavy (non-hydrogen) atoms. The molecule has 1 aromatic carbocycles. The summed E-state index contributed by atoms with van der Waals surface area (Å²) in [5.41, 5.74) is 7.73. The molecule has 1 aliphatic carbocycles. The highest BCUT2D eigenvalue weighted by atomic mass is 16.2. The topological polar surface area (TPSA) is 76.7 Å². The summed E-state index contributed by atoms with van der Waals surface area (Å²) in [4.78, 5) is 30.1. The van der Waals surface area contributed by atoms with Crippen LogP contribution < -0.4 is 16.2 Å². The van der Waals surface area contributed by atoms with Crippen LogP contribution in [0.5, 0.6) is 0 Å². The lowest BCUT2D eigenvalue weighted by atomic mass is 9.93. The van der Waals surface area contributed by atoms with Gasteiger partial charge in [-0.25, -0.2) is 10.9 Å². The molecule has 3 saturated heterocycles. The summed E-state index contributed by atoms with van der Waals surface area (Å²) in [6.45, 7) is 3.59. The number of rotatable bonds is 5. The molecule has 3 N–H and O–H groups in total. The van der Waals surface area contributed by atoms with Crippen LogP contribution in [-0.4, -0.2) is 65.9 Å². The van der Waals surface area contributed by atoms with Gasteiger partial charge in [-0.15, -0.1) is 0 Å². The van der Waals surface area contributed by atoms with E-state index >= 15 is 0 Å². The van der Waals surface area contributed by atoms with E-state index in [-0.39, 0.29) is 29.8 Å². The lowest BCUT2D eigenvalue weighted by Gasteiger charge is -2.42. The van der Waals surface area contributed by atoms with Crippen LogP contribution in [0.25, 0.3) is 0 Å². The minimum atomic E-state index is -0.160. The van der Waals surface area contributed by atoms with Gasteiger partial charge in [0.05, 0.1) is 5.92 Å². The fraction of sp³-hybridized carbons (Fsp3) is 0.667. The molecular formula is C24H35N5O2. The molecule has 3 aliphatic heterocycles. The van der Waals surface area contributed by atoms with Gasteiger partial charge in [0.15, 0.2) is 0 Å². The summed E-state index contributed by atoms with van der Waals surface area (Å²) in [5, 5.41) is 3.18. The number of piperidine rings is 2. The molecule has 7 nitrogen and oxygen atoms in total. The van der Waals surface area contributed by atoms with Crippen LogP contribution in [0, 0.1) is 5.92 Å². The maximum atomic E-state index is 13.1. The summed E-state index contributed by atoms with van der Waals surface area (Å²) < 4.78 is 0. The van der Waals surface area contributed by atoms with E-state index in [4.69, 9.17) is 0 Å². The second-order valence-electron chi connectivity index (χ2n) is 9.71. The lowest BCUT2D eigenvalue weighted by molar-refractivity contribution is -0.135. The summed E-state index contributed by atoms with van der Waals surface area (Å²) in [6.07, 6.45) is 7.19. The number of nitrogens with one attached hydrogen (secondary N) is 3. The number of hydrogen-bond acceptors (Lipinski definition) is 5. The second kappa shape index (κ2) is 9.27. The molecular weight excluding hydrogens is 390 g/mol. The highest BCUT2D eigenvalue weighted by molar-refractivity contribution is 5.82. The Balaban J connectivity index is 1.09. The van der Waals surface area contributed by atoms with Crippen LogP contribution in [0.15, 0.2) is 30.3 Å². The number of hydrazine groups is 1. The van der Waals surface area contributed by atoms with Crippen LogP contribution >= 0.6 is 0 Å². The summed E-state index contributed by atoms with van der Waals surface area (Å²) in [5.74, 6) is 0.606. The Morgan fingerprint density at radius 3 is 2.45 bits per heavy atom. The molecule has 3 unspecified atom stereocenters. The van der Waals surface area contributed by atoms with Gasteiger partial charge in [0.1, 0.15) is 6.04 Å². The second-order valence-corrected chi connectivity index (χ2v) is 9.71. The normalized spacial score (nSPS) is 30.3. The molecule has 3 heterocycles. The Morgan fingerprint density at radius 2 is 1.71 bits per heavy atom. The Morgan fingerprint density at radius 1 is 0.935 bits per heavy atom. The summed E-state index contributed by atoms with van der Waals surface area (Å²) in [6, 6.07) is 11.3. The molecule has 4 aliphatic rings. The van der Waals surface area contributed by atoms with Crippen molar-refractivity contribution in [2.75, 3.05) is 26.2 Å². The molecule has 1 saturated carbocycles. The molecule has 5 rings (SSSR count). The van der Waals surface area contributed by atoms with Gasteiger partial charge in [-0.1, -0.05) is 30.3 Å². The van der Waals surface area contributed by atoms with Gasteiger partial charge in [-0.05, 0) is 57.1 Å². The first-order valence-corrected chi connectivity index (χ1v) is 12.1. The van der Waals surface area contributed by atoms with Crippen LogP contribution in [-0.2, 0) is 9.59 Å². The number of carbonyl (C=O) groups excluding carboxylic acids is 2. The Labute approximate surface area is 184 Å². The standard InChI is InChI=1S/C24H35N5O2/c30-23(25-19-8-9-19)18-7-4-12-29(16-18)20-10-13-28(14-11-20)24(31)22-15-21(26-27-22)17-5-2-1-3-6-17/h1-3,5-6,18-22,26-27H,4,7-16H2,(H,25,30). The fourth-order valence-corrected chi connectivity index (χ4v) is 5.39. The van der Waals surface area contributed by atoms with Gasteiger partial charge >= 0.3 is 0 Å². The van der Waals surface area contributed by atoms with Crippen molar-refractivity contribution in [1.82, 2.24) is 26.0 Å². The number of benzene rings is 1. The first kappa shape index (κ1) is 20.9. The van der Waals surface area contributed by atoms with Gasteiger partial charge in [-0.3, -0.25) is 14.5 Å². The number of likely N-dealkylation sites (tertiary alicyclic amines) is 2. The van der Waals surface area contributed by atoms with Crippen LogP contribution in [0.3, 0.4) is 0 Å². The zero-order valence-electron chi connectivity index (χ0n) is 18.3. The van der Waals surface area contributed by atoms with Crippen molar-refractivity contribution in [2.45, 2.75) is 69.1 Å². The van der Waals surface area contributed by atoms with Gasteiger partial charge in [-0.2, -0.15) is 0 Å². The smallest absolute Gasteiger partial charge is 0.241 e. The van der Waals surface area contributed by atoms with E-state index in [9.17, 15) is 9.59 Å². The van der Waals surface area contributed by atoms with Gasteiger partial charge in [0.2, 0.25) is 11.8 Å². The van der Waals surface area contributed by atoms with Crippen molar-refractivity contribution in [3.63, 3.8) is 0 Å². The SMILES string of the molecule is O=C(NC1CC1)C1CCCN(C2CCN(C(=O)C3CC(c4ccccc4)NN3)CC2)C1. The zero-order valence-corrected chi connectivity index (χ0v) is 18.3. The van der Waals surface area contributed by atoms with Crippen LogP contribution in [0.2, 0.25) is 0 Å². The van der Waals surface area contributed by atoms with Crippen molar-refractivity contribution in [3.8, 4) is 0 Å². The van der Waals surface area contributed by atoms with E-state index in [0.717, 1.165) is 71.1 Å². The molecule has 0 bridgehead atoms. The molecule has 4 fully saturated rings. The quantitative estimate of drug-likeness (QED) is 0.668. The van der Waals surface area contributed by atoms with E-state index < -0.39 is 0 Å². The molecule has 0 radical (unpaired) electrons. The molecule has 2 amide bonds. The molecule has 0 aromatic heterocycles. The van der Waals surface area contributed by atoms with Crippen molar-refractivity contribution in [1.29, 1.82) is 0 Å². The van der Waals surface area contributed by atoms with Crippen molar-refractivity contribution in [2.24, 2.45) is 5.92 Å². The highest BCUT2D eigenvalue weighted by Gasteiger charge is 2.37. The largest absolute Gasteiger partial charge is 0.353 e. The monoisotopic (exact) mass is 425 g/mol. The average molecular weight is 426 g/mol. The first-order chi connectivity index (χ1) is 15.2. The van der Waals surface area contributed by atoms with E-state index in [2.05, 4.69) is 33.2 Å². The van der Waals surface area contributed by atoms with Crippen LogP contribution in [0.4, 0.5) is 0 Å². The minimum Gasteiger partial charge on any atom is -0.353 e. The maximum absolute atomic E-state index is 13.1. The fourth-order valence-electron chi connectivity index (χ4n) is 5.39. The lowest BCUT2D eigenvalue weighted by Crippen LogP contribution is -2.54. The van der Waals surface area contributed by atoms with Gasteiger partial charge in [0.25, 0.3) is 0 Å². The van der Waals surface area contributed by atoms with E-state index in [0.29, 0.717) is 12.1 Å². The van der Waals surface area contributed by atoms with E-state index in [1.165, 1.54) is 5.56 Å². The number of carbonyl (C=O) groups is 2. The third-order valence-electron chi connectivity index (χ3n) is 7.44. The van der Waals surface area contributed by atoms with Crippen molar-refractivity contribution < 1.29 is 9.59 Å². The van der Waals surface area contributed by atoms with Crippen molar-refractivity contribution in [3.05, 3.63) is 35.9 Å². The summed E-state index contributed by atoms with van der Waals surface area (Å²) >= 11 is 0. The molecule has 3 atom stereocenters. The molecule has 1 aromatic rings. The Kier molecular flexibility index (Phi) is 6.25. The highest BCUT2D eigenvalue weighted by Crippen LogP contribution is 2.27. The minimum absolute atomic E-state index is 0.137. The van der Waals surface area contributed by atoms with Gasteiger partial charge < -0.3 is 10.2 Å². The van der Waals surface area contributed by atoms with E-state index in [1.807, 2.05) is 23.1 Å². The summed E-state index contributed by atoms with van der Waals surface area (Å²) in [7, 11) is 0. The molecule has 7 heteroatoms. The first-order valence-electron chi connectivity index (χ1n) is 12.1. The average Bonchev–Trinajstić information content (AvgIpc) is 3.50. The molecule has 168 valence electrons. The maximum Gasteiger partial charge on any atom is 0.241 e. The Bertz CT molecular complexity index is 775. The zero-order chi connectivity index (χ0) is 21.2. The number of nitrogens with zero attached hydrogens (tertiary/aromatic N) is 2. The Hall–Kier alpha value is -1.96. The third-order valence-corrected chi connectivity index (χ3v) is 7.44. The predicted octanol–water partition coefficient (Wildman–Crippen LogP) is 1.58. The van der Waals surface area contributed by atoms with Gasteiger partial charge in [0, 0.05) is 37.8 Å².